The number of hydrogen-bond acceptors (Lipinski definition) is 2. The van der Waals surface area contributed by atoms with E-state index in [0.29, 0.717) is 11.1 Å². The molecule has 0 aliphatic carbocycles. The van der Waals surface area contributed by atoms with E-state index in [0.717, 1.165) is 0 Å². The number of carbonyl (C=O) groups excluding carboxylic acids is 2. The number of halogens is 1. The van der Waals surface area contributed by atoms with Gasteiger partial charge in [-0.2, -0.15) is 0 Å². The SMILES string of the molecule is CCC(=O)C(=Cc1c(C)cccc1F)C(=O)CC. The number of rotatable bonds is 5. The van der Waals surface area contributed by atoms with Gasteiger partial charge in [0.05, 0.1) is 5.57 Å². The second-order valence-corrected chi connectivity index (χ2v) is 4.08. The van der Waals surface area contributed by atoms with Crippen LogP contribution in [0.4, 0.5) is 4.39 Å². The predicted octanol–water partition coefficient (Wildman–Crippen LogP) is 3.48. The Bertz CT molecular complexity index is 463. The highest BCUT2D eigenvalue weighted by atomic mass is 19.1. The van der Waals surface area contributed by atoms with E-state index in [-0.39, 0.29) is 30.0 Å². The lowest BCUT2D eigenvalue weighted by Gasteiger charge is -2.06. The van der Waals surface area contributed by atoms with Gasteiger partial charge < -0.3 is 0 Å². The Morgan fingerprint density at radius 1 is 1.17 bits per heavy atom. The molecule has 0 saturated heterocycles. The van der Waals surface area contributed by atoms with Gasteiger partial charge in [-0.05, 0) is 24.6 Å². The molecule has 0 atom stereocenters. The first kappa shape index (κ1) is 14.3. The fourth-order valence-corrected chi connectivity index (χ4v) is 1.67. The van der Waals surface area contributed by atoms with Crippen LogP contribution >= 0.6 is 0 Å². The van der Waals surface area contributed by atoms with Gasteiger partial charge in [-0.25, -0.2) is 4.39 Å². The van der Waals surface area contributed by atoms with Crippen LogP contribution in [0.3, 0.4) is 0 Å². The summed E-state index contributed by atoms with van der Waals surface area (Å²) in [4.78, 5) is 23.5. The fraction of sp³-hybridized carbons (Fsp3) is 0.333. The van der Waals surface area contributed by atoms with Gasteiger partial charge in [0.2, 0.25) is 0 Å². The van der Waals surface area contributed by atoms with Gasteiger partial charge in [0.15, 0.2) is 11.6 Å². The second kappa shape index (κ2) is 6.24. The van der Waals surface area contributed by atoms with Gasteiger partial charge in [-0.3, -0.25) is 9.59 Å². The zero-order valence-electron chi connectivity index (χ0n) is 10.9. The zero-order chi connectivity index (χ0) is 13.7. The van der Waals surface area contributed by atoms with Crippen molar-refractivity contribution in [2.45, 2.75) is 33.6 Å². The van der Waals surface area contributed by atoms with Crippen molar-refractivity contribution in [2.24, 2.45) is 0 Å². The van der Waals surface area contributed by atoms with Crippen LogP contribution in [0.5, 0.6) is 0 Å². The van der Waals surface area contributed by atoms with Gasteiger partial charge >= 0.3 is 0 Å². The Labute approximate surface area is 107 Å². The fourth-order valence-electron chi connectivity index (χ4n) is 1.67. The summed E-state index contributed by atoms with van der Waals surface area (Å²) in [5.74, 6) is -0.908. The molecule has 1 aromatic carbocycles. The molecule has 18 heavy (non-hydrogen) atoms. The van der Waals surface area contributed by atoms with Crippen LogP contribution in [-0.2, 0) is 9.59 Å². The van der Waals surface area contributed by atoms with Gasteiger partial charge in [0.1, 0.15) is 5.82 Å². The van der Waals surface area contributed by atoms with Crippen LogP contribution in [0.15, 0.2) is 23.8 Å². The zero-order valence-corrected chi connectivity index (χ0v) is 10.9. The van der Waals surface area contributed by atoms with Crippen molar-refractivity contribution in [3.63, 3.8) is 0 Å². The molecular formula is C15H17FO2. The van der Waals surface area contributed by atoms with E-state index >= 15 is 0 Å². The number of benzene rings is 1. The van der Waals surface area contributed by atoms with E-state index in [4.69, 9.17) is 0 Å². The van der Waals surface area contributed by atoms with Crippen molar-refractivity contribution in [2.75, 3.05) is 0 Å². The lowest BCUT2D eigenvalue weighted by atomic mass is 9.98. The Morgan fingerprint density at radius 3 is 2.17 bits per heavy atom. The van der Waals surface area contributed by atoms with Crippen molar-refractivity contribution in [1.82, 2.24) is 0 Å². The summed E-state index contributed by atoms with van der Waals surface area (Å²) >= 11 is 0. The van der Waals surface area contributed by atoms with Crippen LogP contribution in [0.1, 0.15) is 37.8 Å². The summed E-state index contributed by atoms with van der Waals surface area (Å²) in [6.45, 7) is 5.13. The monoisotopic (exact) mass is 248 g/mol. The number of hydrogen-bond donors (Lipinski definition) is 0. The molecule has 0 aliphatic heterocycles. The van der Waals surface area contributed by atoms with E-state index in [1.165, 1.54) is 12.1 Å². The molecule has 1 rings (SSSR count). The number of aryl methyl sites for hydroxylation is 1. The molecule has 0 aliphatic rings. The van der Waals surface area contributed by atoms with Crippen molar-refractivity contribution >= 4 is 17.6 Å². The van der Waals surface area contributed by atoms with Crippen LogP contribution in [-0.4, -0.2) is 11.6 Å². The molecule has 0 aromatic heterocycles. The van der Waals surface area contributed by atoms with E-state index in [9.17, 15) is 14.0 Å². The average Bonchev–Trinajstić information content (AvgIpc) is 2.37. The molecule has 0 N–H and O–H groups in total. The third kappa shape index (κ3) is 3.13. The molecule has 0 fully saturated rings. The highest BCUT2D eigenvalue weighted by Crippen LogP contribution is 2.18. The second-order valence-electron chi connectivity index (χ2n) is 4.08. The normalized spacial score (nSPS) is 10.0. The van der Waals surface area contributed by atoms with E-state index in [2.05, 4.69) is 0 Å². The number of Topliss-reactive ketones (excluding diaryl/α,β-unsaturated/α-hetero) is 2. The van der Waals surface area contributed by atoms with Crippen LogP contribution in [0.25, 0.3) is 6.08 Å². The van der Waals surface area contributed by atoms with Gasteiger partial charge in [-0.15, -0.1) is 0 Å². The molecular weight excluding hydrogens is 231 g/mol. The third-order valence-electron chi connectivity index (χ3n) is 2.80. The van der Waals surface area contributed by atoms with E-state index < -0.39 is 5.82 Å². The van der Waals surface area contributed by atoms with E-state index in [1.54, 1.807) is 32.9 Å². The maximum atomic E-state index is 13.7. The summed E-state index contributed by atoms with van der Waals surface area (Å²) in [6, 6.07) is 4.67. The lowest BCUT2D eigenvalue weighted by molar-refractivity contribution is -0.121. The standard InChI is InChI=1S/C15H17FO2/c1-4-14(17)12(15(18)5-2)9-11-10(3)7-6-8-13(11)16/h6-9H,4-5H2,1-3H3. The number of ketones is 2. The van der Waals surface area contributed by atoms with Crippen LogP contribution in [0.2, 0.25) is 0 Å². The minimum Gasteiger partial charge on any atom is -0.294 e. The molecule has 0 bridgehead atoms. The minimum atomic E-state index is -0.416. The molecule has 0 radical (unpaired) electrons. The first-order chi connectivity index (χ1) is 8.51. The Hall–Kier alpha value is -1.77. The first-order valence-corrected chi connectivity index (χ1v) is 6.04. The highest BCUT2D eigenvalue weighted by Gasteiger charge is 2.16. The summed E-state index contributed by atoms with van der Waals surface area (Å²) in [5.41, 5.74) is 1.12. The molecule has 0 saturated carbocycles. The molecule has 3 heteroatoms. The van der Waals surface area contributed by atoms with Crippen molar-refractivity contribution < 1.29 is 14.0 Å². The number of allylic oxidation sites excluding steroid dienone is 1. The predicted molar refractivity (Wildman–Crippen MR) is 69.7 cm³/mol. The summed E-state index contributed by atoms with van der Waals surface area (Å²) in [5, 5.41) is 0. The summed E-state index contributed by atoms with van der Waals surface area (Å²) in [7, 11) is 0. The summed E-state index contributed by atoms with van der Waals surface area (Å²) < 4.78 is 13.7. The molecule has 0 heterocycles. The Kier molecular flexibility index (Phi) is 4.95. The third-order valence-corrected chi connectivity index (χ3v) is 2.80. The maximum absolute atomic E-state index is 13.7. The lowest BCUT2D eigenvalue weighted by Crippen LogP contribution is -2.11. The largest absolute Gasteiger partial charge is 0.294 e. The van der Waals surface area contributed by atoms with Gasteiger partial charge in [-0.1, -0.05) is 26.0 Å². The molecule has 96 valence electrons. The minimum absolute atomic E-state index is 0.0909. The Balaban J connectivity index is 3.32. The van der Waals surface area contributed by atoms with Crippen LogP contribution in [0, 0.1) is 12.7 Å². The average molecular weight is 248 g/mol. The van der Waals surface area contributed by atoms with Crippen molar-refractivity contribution in [3.05, 3.63) is 40.7 Å². The molecule has 1 aromatic rings. The summed E-state index contributed by atoms with van der Waals surface area (Å²) in [6.07, 6.45) is 1.86. The van der Waals surface area contributed by atoms with Crippen molar-refractivity contribution in [1.29, 1.82) is 0 Å². The van der Waals surface area contributed by atoms with Crippen LogP contribution < -0.4 is 0 Å². The molecule has 0 unspecified atom stereocenters. The van der Waals surface area contributed by atoms with Gasteiger partial charge in [0, 0.05) is 18.4 Å². The van der Waals surface area contributed by atoms with Crippen molar-refractivity contribution in [3.8, 4) is 0 Å². The first-order valence-electron chi connectivity index (χ1n) is 6.04. The smallest absolute Gasteiger partial charge is 0.166 e. The Morgan fingerprint density at radius 2 is 1.72 bits per heavy atom. The molecule has 2 nitrogen and oxygen atoms in total. The van der Waals surface area contributed by atoms with Gasteiger partial charge in [0.25, 0.3) is 0 Å². The van der Waals surface area contributed by atoms with E-state index in [1.807, 2.05) is 0 Å². The topological polar surface area (TPSA) is 34.1 Å². The quantitative estimate of drug-likeness (QED) is 0.454. The number of carbonyl (C=O) groups is 2. The highest BCUT2D eigenvalue weighted by molar-refractivity contribution is 6.23. The molecule has 0 amide bonds. The maximum Gasteiger partial charge on any atom is 0.166 e. The molecule has 0 spiro atoms.